The van der Waals surface area contributed by atoms with Crippen molar-refractivity contribution in [1.29, 1.82) is 0 Å². The summed E-state index contributed by atoms with van der Waals surface area (Å²) in [5.41, 5.74) is 4.06. The minimum absolute atomic E-state index is 0.324. The van der Waals surface area contributed by atoms with Gasteiger partial charge in [0.25, 0.3) is 0 Å². The van der Waals surface area contributed by atoms with Crippen LogP contribution >= 0.6 is 0 Å². The number of hydrogen-bond acceptors (Lipinski definition) is 2. The molecule has 0 radical (unpaired) electrons. The van der Waals surface area contributed by atoms with E-state index in [9.17, 15) is 0 Å². The topological polar surface area (TPSA) is 18.5 Å². The van der Waals surface area contributed by atoms with Crippen LogP contribution in [0.1, 0.15) is 22.7 Å². The third-order valence-corrected chi connectivity index (χ3v) is 4.71. The Morgan fingerprint density at radius 3 is 2.23 bits per heavy atom. The van der Waals surface area contributed by atoms with E-state index in [0.29, 0.717) is 6.04 Å². The van der Waals surface area contributed by atoms with E-state index in [4.69, 9.17) is 9.47 Å². The Bertz CT molecular complexity index is 665. The van der Waals surface area contributed by atoms with E-state index in [0.717, 1.165) is 28.9 Å². The van der Waals surface area contributed by atoms with Crippen LogP contribution in [0.3, 0.4) is 0 Å². The van der Waals surface area contributed by atoms with Crippen molar-refractivity contribution in [2.24, 2.45) is 0 Å². The molecule has 3 heteroatoms. The second kappa shape index (κ2) is 5.65. The fourth-order valence-electron chi connectivity index (χ4n) is 3.54. The molecule has 0 spiro atoms. The van der Waals surface area contributed by atoms with Crippen LogP contribution in [0.25, 0.3) is 0 Å². The summed E-state index contributed by atoms with van der Waals surface area (Å²) in [6.45, 7) is 1.11. The Morgan fingerprint density at radius 1 is 0.955 bits per heavy atom. The molecule has 0 N–H and O–H groups in total. The number of hydrogen-bond donors (Lipinski definition) is 0. The van der Waals surface area contributed by atoms with Gasteiger partial charge >= 0.3 is 0 Å². The van der Waals surface area contributed by atoms with Crippen LogP contribution in [0.2, 0.25) is 0 Å². The lowest BCUT2D eigenvalue weighted by atomic mass is 9.86. The molecule has 1 unspecified atom stereocenters. The van der Waals surface area contributed by atoms with Gasteiger partial charge in [0.05, 0.1) is 34.9 Å². The summed E-state index contributed by atoms with van der Waals surface area (Å²) in [4.78, 5) is 0. The third kappa shape index (κ3) is 2.46. The SMILES string of the molecule is COc1cc2c(cc1OC)C(c1ccccc1)[N+](C)(C)CC2. The summed E-state index contributed by atoms with van der Waals surface area (Å²) in [7, 11) is 8.00. The van der Waals surface area contributed by atoms with Crippen LogP contribution in [0.5, 0.6) is 11.5 Å². The maximum absolute atomic E-state index is 5.52. The number of quaternary nitrogens is 1. The van der Waals surface area contributed by atoms with E-state index in [1.165, 1.54) is 16.7 Å². The van der Waals surface area contributed by atoms with Crippen molar-refractivity contribution in [3.8, 4) is 11.5 Å². The third-order valence-electron chi connectivity index (χ3n) is 4.71. The quantitative estimate of drug-likeness (QED) is 0.808. The molecule has 0 fully saturated rings. The van der Waals surface area contributed by atoms with E-state index < -0.39 is 0 Å². The zero-order valence-electron chi connectivity index (χ0n) is 13.8. The fraction of sp³-hybridized carbons (Fsp3) is 0.368. The zero-order valence-corrected chi connectivity index (χ0v) is 13.8. The van der Waals surface area contributed by atoms with Gasteiger partial charge in [-0.2, -0.15) is 0 Å². The summed E-state index contributed by atoms with van der Waals surface area (Å²) < 4.78 is 11.9. The molecular formula is C19H24NO2+. The second-order valence-corrected chi connectivity index (χ2v) is 6.47. The van der Waals surface area contributed by atoms with Crippen molar-refractivity contribution in [2.45, 2.75) is 12.5 Å². The maximum Gasteiger partial charge on any atom is 0.161 e. The molecule has 0 saturated heterocycles. The Hall–Kier alpha value is -2.00. The highest BCUT2D eigenvalue weighted by atomic mass is 16.5. The van der Waals surface area contributed by atoms with Crippen LogP contribution < -0.4 is 9.47 Å². The largest absolute Gasteiger partial charge is 0.493 e. The number of methoxy groups -OCH3 is 2. The molecule has 22 heavy (non-hydrogen) atoms. The highest BCUT2D eigenvalue weighted by Gasteiger charge is 2.37. The van der Waals surface area contributed by atoms with E-state index in [-0.39, 0.29) is 0 Å². The van der Waals surface area contributed by atoms with Crippen molar-refractivity contribution in [3.63, 3.8) is 0 Å². The monoisotopic (exact) mass is 298 g/mol. The molecule has 2 aromatic carbocycles. The van der Waals surface area contributed by atoms with Gasteiger partial charge in [-0.25, -0.2) is 0 Å². The van der Waals surface area contributed by atoms with Gasteiger partial charge in [-0.15, -0.1) is 0 Å². The molecule has 0 amide bonds. The molecule has 0 saturated carbocycles. The Morgan fingerprint density at radius 2 is 1.59 bits per heavy atom. The van der Waals surface area contributed by atoms with Crippen molar-refractivity contribution < 1.29 is 14.0 Å². The van der Waals surface area contributed by atoms with E-state index in [1.54, 1.807) is 14.2 Å². The second-order valence-electron chi connectivity index (χ2n) is 6.47. The Kier molecular flexibility index (Phi) is 3.83. The van der Waals surface area contributed by atoms with Gasteiger partial charge in [0.15, 0.2) is 11.5 Å². The molecule has 1 aliphatic heterocycles. The molecule has 0 bridgehead atoms. The van der Waals surface area contributed by atoms with Crippen molar-refractivity contribution in [3.05, 3.63) is 59.2 Å². The first-order valence-electron chi connectivity index (χ1n) is 7.69. The Balaban J connectivity index is 2.18. The van der Waals surface area contributed by atoms with Gasteiger partial charge in [0.1, 0.15) is 6.04 Å². The van der Waals surface area contributed by atoms with Gasteiger partial charge in [-0.3, -0.25) is 0 Å². The first-order chi connectivity index (χ1) is 10.6. The first kappa shape index (κ1) is 14.9. The van der Waals surface area contributed by atoms with Crippen LogP contribution in [0.15, 0.2) is 42.5 Å². The molecule has 2 aromatic rings. The molecule has 3 rings (SSSR count). The van der Waals surface area contributed by atoms with Gasteiger partial charge in [-0.1, -0.05) is 30.3 Å². The average molecular weight is 298 g/mol. The van der Waals surface area contributed by atoms with Gasteiger partial charge in [-0.05, 0) is 17.7 Å². The minimum atomic E-state index is 0.324. The Labute approximate surface area is 132 Å². The predicted octanol–water partition coefficient (Wildman–Crippen LogP) is 3.43. The number of fused-ring (bicyclic) bond motifs is 1. The van der Waals surface area contributed by atoms with Crippen molar-refractivity contribution >= 4 is 0 Å². The molecule has 0 aliphatic carbocycles. The summed E-state index contributed by atoms with van der Waals surface area (Å²) in [6.07, 6.45) is 1.06. The lowest BCUT2D eigenvalue weighted by molar-refractivity contribution is -0.917. The molecule has 1 aliphatic rings. The van der Waals surface area contributed by atoms with Gasteiger partial charge in [0, 0.05) is 17.5 Å². The van der Waals surface area contributed by atoms with Crippen LogP contribution in [-0.4, -0.2) is 39.3 Å². The number of nitrogens with zero attached hydrogens (tertiary/aromatic N) is 1. The highest BCUT2D eigenvalue weighted by molar-refractivity contribution is 5.50. The lowest BCUT2D eigenvalue weighted by Crippen LogP contribution is -2.48. The van der Waals surface area contributed by atoms with E-state index >= 15 is 0 Å². The van der Waals surface area contributed by atoms with Gasteiger partial charge in [0.2, 0.25) is 0 Å². The number of benzene rings is 2. The molecule has 1 atom stereocenters. The number of likely N-dealkylation sites (N-methyl/N-ethyl adjacent to an activating group) is 1. The molecule has 116 valence electrons. The molecule has 1 heterocycles. The highest BCUT2D eigenvalue weighted by Crippen LogP contribution is 2.42. The molecule has 0 aromatic heterocycles. The maximum atomic E-state index is 5.52. The fourth-order valence-corrected chi connectivity index (χ4v) is 3.54. The zero-order chi connectivity index (χ0) is 15.7. The number of ether oxygens (including phenoxy) is 2. The summed E-state index contributed by atoms with van der Waals surface area (Å²) in [5, 5.41) is 0. The van der Waals surface area contributed by atoms with Crippen LogP contribution in [-0.2, 0) is 6.42 Å². The van der Waals surface area contributed by atoms with Gasteiger partial charge < -0.3 is 14.0 Å². The summed E-state index contributed by atoms with van der Waals surface area (Å²) in [6, 6.07) is 15.4. The van der Waals surface area contributed by atoms with Crippen LogP contribution in [0, 0.1) is 0 Å². The molecule has 3 nitrogen and oxygen atoms in total. The normalized spacial score (nSPS) is 19.4. The van der Waals surface area contributed by atoms with Crippen molar-refractivity contribution in [1.82, 2.24) is 0 Å². The minimum Gasteiger partial charge on any atom is -0.493 e. The lowest BCUT2D eigenvalue weighted by Gasteiger charge is -2.43. The van der Waals surface area contributed by atoms with Crippen molar-refractivity contribution in [2.75, 3.05) is 34.9 Å². The van der Waals surface area contributed by atoms with Crippen LogP contribution in [0.4, 0.5) is 0 Å². The van der Waals surface area contributed by atoms with E-state index in [1.807, 2.05) is 0 Å². The average Bonchev–Trinajstić information content (AvgIpc) is 2.53. The smallest absolute Gasteiger partial charge is 0.161 e. The molecular weight excluding hydrogens is 274 g/mol. The number of rotatable bonds is 3. The summed E-state index contributed by atoms with van der Waals surface area (Å²) in [5.74, 6) is 1.63. The standard InChI is InChI=1S/C19H24NO2/c1-20(2)11-10-15-12-17(21-3)18(22-4)13-16(15)19(20)14-8-6-5-7-9-14/h5-9,12-13,19H,10-11H2,1-4H3/q+1. The predicted molar refractivity (Wildman–Crippen MR) is 88.5 cm³/mol. The summed E-state index contributed by atoms with van der Waals surface area (Å²) >= 11 is 0. The first-order valence-corrected chi connectivity index (χ1v) is 7.69. The van der Waals surface area contributed by atoms with E-state index in [2.05, 4.69) is 56.6 Å².